The van der Waals surface area contributed by atoms with Gasteiger partial charge in [-0.3, -0.25) is 4.79 Å². The van der Waals surface area contributed by atoms with Crippen LogP contribution in [-0.4, -0.2) is 17.2 Å². The highest BCUT2D eigenvalue weighted by Gasteiger charge is 2.24. The number of benzene rings is 1. The Kier molecular flexibility index (Phi) is 5.40. The van der Waals surface area contributed by atoms with E-state index in [2.05, 4.69) is 0 Å². The van der Waals surface area contributed by atoms with E-state index in [1.54, 1.807) is 0 Å². The molecular weight excluding hydrogens is 240 g/mol. The van der Waals surface area contributed by atoms with Crippen molar-refractivity contribution >= 4 is 5.97 Å². The van der Waals surface area contributed by atoms with Gasteiger partial charge in [-0.15, -0.1) is 0 Å². The first kappa shape index (κ1) is 14.1. The number of ether oxygens (including phenoxy) is 1. The molecule has 2 rings (SSSR count). The molecule has 1 unspecified atom stereocenters. The summed E-state index contributed by atoms with van der Waals surface area (Å²) in [5, 5.41) is 10.0. The van der Waals surface area contributed by atoms with Crippen LogP contribution in [0.25, 0.3) is 0 Å². The Hall–Kier alpha value is -1.35. The van der Waals surface area contributed by atoms with Gasteiger partial charge in [-0.2, -0.15) is 0 Å². The highest BCUT2D eigenvalue weighted by atomic mass is 16.5. The Bertz CT molecular complexity index is 382. The van der Waals surface area contributed by atoms with Gasteiger partial charge in [0.05, 0.1) is 12.5 Å². The van der Waals surface area contributed by atoms with E-state index in [1.807, 2.05) is 30.3 Å². The summed E-state index contributed by atoms with van der Waals surface area (Å²) < 4.78 is 5.19. The Morgan fingerprint density at radius 3 is 2.58 bits per heavy atom. The van der Waals surface area contributed by atoms with Gasteiger partial charge in [0.2, 0.25) is 0 Å². The number of aliphatic hydroxyl groups excluding tert-OH is 1. The molecule has 0 heterocycles. The fourth-order valence-corrected chi connectivity index (χ4v) is 2.65. The van der Waals surface area contributed by atoms with E-state index in [4.69, 9.17) is 4.74 Å². The van der Waals surface area contributed by atoms with E-state index in [9.17, 15) is 9.90 Å². The molecule has 0 aliphatic heterocycles. The molecule has 1 aliphatic rings. The second kappa shape index (κ2) is 7.29. The lowest BCUT2D eigenvalue weighted by Gasteiger charge is -2.25. The molecule has 1 fully saturated rings. The van der Waals surface area contributed by atoms with Crippen LogP contribution in [0.4, 0.5) is 0 Å². The van der Waals surface area contributed by atoms with Crippen molar-refractivity contribution in [1.29, 1.82) is 0 Å². The number of carbonyl (C=O) groups is 1. The van der Waals surface area contributed by atoms with Gasteiger partial charge in [0.1, 0.15) is 6.61 Å². The summed E-state index contributed by atoms with van der Waals surface area (Å²) in [6, 6.07) is 9.61. The number of esters is 1. The van der Waals surface area contributed by atoms with Gasteiger partial charge >= 0.3 is 5.97 Å². The zero-order valence-corrected chi connectivity index (χ0v) is 11.3. The molecule has 19 heavy (non-hydrogen) atoms. The molecule has 0 bridgehead atoms. The summed E-state index contributed by atoms with van der Waals surface area (Å²) in [6.45, 7) is 0.289. The van der Waals surface area contributed by atoms with Gasteiger partial charge in [-0.25, -0.2) is 0 Å². The molecule has 1 saturated carbocycles. The maximum absolute atomic E-state index is 11.7. The van der Waals surface area contributed by atoms with Gasteiger partial charge in [-0.05, 0) is 24.3 Å². The summed E-state index contributed by atoms with van der Waals surface area (Å²) in [5.41, 5.74) is 0.975. The Balaban J connectivity index is 1.71. The smallest absolute Gasteiger partial charge is 0.308 e. The predicted octanol–water partition coefficient (Wildman–Crippen LogP) is 3.06. The van der Waals surface area contributed by atoms with Crippen LogP contribution in [-0.2, 0) is 16.1 Å². The third-order valence-corrected chi connectivity index (χ3v) is 3.81. The van der Waals surface area contributed by atoms with E-state index in [1.165, 1.54) is 19.3 Å². The molecule has 1 aromatic carbocycles. The van der Waals surface area contributed by atoms with Gasteiger partial charge in [0, 0.05) is 0 Å². The Morgan fingerprint density at radius 1 is 1.21 bits per heavy atom. The van der Waals surface area contributed by atoms with E-state index < -0.39 is 6.10 Å². The number of carbonyl (C=O) groups excluding carboxylic acids is 1. The molecule has 0 radical (unpaired) electrons. The molecule has 1 N–H and O–H groups in total. The van der Waals surface area contributed by atoms with Crippen molar-refractivity contribution in [2.75, 3.05) is 0 Å². The molecule has 1 aliphatic carbocycles. The summed E-state index contributed by atoms with van der Waals surface area (Å²) in [5.74, 6) is -0.0278. The zero-order chi connectivity index (χ0) is 13.5. The second-order valence-corrected chi connectivity index (χ2v) is 5.32. The molecule has 3 heteroatoms. The molecule has 3 nitrogen and oxygen atoms in total. The average Bonchev–Trinajstić information content (AvgIpc) is 2.47. The fraction of sp³-hybridized carbons (Fsp3) is 0.562. The minimum atomic E-state index is -0.538. The first-order valence-corrected chi connectivity index (χ1v) is 7.13. The van der Waals surface area contributed by atoms with Crippen LogP contribution >= 0.6 is 0 Å². The minimum Gasteiger partial charge on any atom is -0.461 e. The average molecular weight is 262 g/mol. The predicted molar refractivity (Wildman–Crippen MR) is 73.4 cm³/mol. The van der Waals surface area contributed by atoms with Crippen molar-refractivity contribution in [3.05, 3.63) is 35.9 Å². The van der Waals surface area contributed by atoms with Crippen LogP contribution in [0.1, 0.15) is 44.1 Å². The lowest BCUT2D eigenvalue weighted by Crippen LogP contribution is -2.26. The third kappa shape index (κ3) is 4.67. The minimum absolute atomic E-state index is 0.123. The second-order valence-electron chi connectivity index (χ2n) is 5.32. The largest absolute Gasteiger partial charge is 0.461 e. The molecule has 1 atom stereocenters. The Labute approximate surface area is 114 Å². The lowest BCUT2D eigenvalue weighted by atomic mass is 9.84. The number of rotatable bonds is 5. The van der Waals surface area contributed by atoms with E-state index in [0.717, 1.165) is 18.4 Å². The normalized spacial score (nSPS) is 17.9. The monoisotopic (exact) mass is 262 g/mol. The Morgan fingerprint density at radius 2 is 1.89 bits per heavy atom. The van der Waals surface area contributed by atoms with Crippen molar-refractivity contribution in [1.82, 2.24) is 0 Å². The van der Waals surface area contributed by atoms with Gasteiger partial charge in [-0.1, -0.05) is 49.6 Å². The van der Waals surface area contributed by atoms with Crippen molar-refractivity contribution in [2.45, 2.75) is 51.2 Å². The van der Waals surface area contributed by atoms with Crippen molar-refractivity contribution in [3.8, 4) is 0 Å². The lowest BCUT2D eigenvalue weighted by molar-refractivity contribution is -0.148. The summed E-state index contributed by atoms with van der Waals surface area (Å²) in [4.78, 5) is 11.7. The summed E-state index contributed by atoms with van der Waals surface area (Å²) in [6.07, 6.45) is 5.24. The van der Waals surface area contributed by atoms with Crippen molar-refractivity contribution < 1.29 is 14.6 Å². The van der Waals surface area contributed by atoms with E-state index >= 15 is 0 Å². The van der Waals surface area contributed by atoms with Crippen LogP contribution in [0.15, 0.2) is 30.3 Å². The summed E-state index contributed by atoms with van der Waals surface area (Å²) in [7, 11) is 0. The van der Waals surface area contributed by atoms with Crippen LogP contribution in [0.3, 0.4) is 0 Å². The highest BCUT2D eigenvalue weighted by Crippen LogP contribution is 2.27. The standard InChI is InChI=1S/C16H22O3/c17-15(14-9-5-2-6-10-14)11-16(18)19-12-13-7-3-1-4-8-13/h1,3-4,7-8,14-15,17H,2,5-6,9-12H2. The SMILES string of the molecule is O=C(CC(O)C1CCCCC1)OCc1ccccc1. The summed E-state index contributed by atoms with van der Waals surface area (Å²) >= 11 is 0. The maximum atomic E-state index is 11.7. The van der Waals surface area contributed by atoms with Gasteiger partial charge in [0.25, 0.3) is 0 Å². The fourth-order valence-electron chi connectivity index (χ4n) is 2.65. The first-order valence-electron chi connectivity index (χ1n) is 7.13. The molecular formula is C16H22O3. The number of hydrogen-bond acceptors (Lipinski definition) is 3. The first-order chi connectivity index (χ1) is 9.25. The molecule has 0 amide bonds. The highest BCUT2D eigenvalue weighted by molar-refractivity contribution is 5.70. The van der Waals surface area contributed by atoms with Crippen molar-refractivity contribution in [3.63, 3.8) is 0 Å². The molecule has 0 saturated heterocycles. The number of hydrogen-bond donors (Lipinski definition) is 1. The molecule has 0 spiro atoms. The van der Waals surface area contributed by atoms with Crippen LogP contribution in [0.5, 0.6) is 0 Å². The van der Waals surface area contributed by atoms with Crippen LogP contribution < -0.4 is 0 Å². The van der Waals surface area contributed by atoms with Crippen LogP contribution in [0, 0.1) is 5.92 Å². The maximum Gasteiger partial charge on any atom is 0.308 e. The molecule has 104 valence electrons. The number of aliphatic hydroxyl groups is 1. The van der Waals surface area contributed by atoms with E-state index in [0.29, 0.717) is 0 Å². The van der Waals surface area contributed by atoms with Gasteiger partial charge in [0.15, 0.2) is 0 Å². The van der Waals surface area contributed by atoms with Crippen LogP contribution in [0.2, 0.25) is 0 Å². The van der Waals surface area contributed by atoms with Gasteiger partial charge < -0.3 is 9.84 Å². The van der Waals surface area contributed by atoms with E-state index in [-0.39, 0.29) is 24.9 Å². The molecule has 1 aromatic rings. The van der Waals surface area contributed by atoms with Crippen molar-refractivity contribution in [2.24, 2.45) is 5.92 Å². The molecule has 0 aromatic heterocycles. The zero-order valence-electron chi connectivity index (χ0n) is 11.3. The third-order valence-electron chi connectivity index (χ3n) is 3.81. The quantitative estimate of drug-likeness (QED) is 0.830. The topological polar surface area (TPSA) is 46.5 Å².